The van der Waals surface area contributed by atoms with Crippen LogP contribution in [0.15, 0.2) is 0 Å². The number of rotatable bonds is 0. The van der Waals surface area contributed by atoms with Crippen molar-refractivity contribution in [2.75, 3.05) is 19.7 Å². The van der Waals surface area contributed by atoms with Crippen molar-refractivity contribution in [1.29, 1.82) is 0 Å². The third kappa shape index (κ3) is 1.85. The molecular formula is C6H10ClNO2. The zero-order valence-corrected chi connectivity index (χ0v) is 6.60. The highest BCUT2D eigenvalue weighted by Crippen LogP contribution is 2.07. The lowest BCUT2D eigenvalue weighted by Gasteiger charge is -2.28. The van der Waals surface area contributed by atoms with Gasteiger partial charge in [-0.15, -0.1) is 0 Å². The second-order valence-electron chi connectivity index (χ2n) is 2.25. The quantitative estimate of drug-likeness (QED) is 0.485. The van der Waals surface area contributed by atoms with Crippen molar-refractivity contribution in [1.82, 2.24) is 4.90 Å². The van der Waals surface area contributed by atoms with Crippen LogP contribution in [0.25, 0.3) is 0 Å². The Morgan fingerprint density at radius 2 is 2.50 bits per heavy atom. The first-order chi connectivity index (χ1) is 4.70. The minimum atomic E-state index is -0.322. The number of halogens is 1. The second kappa shape index (κ2) is 3.21. The molecule has 3 nitrogen and oxygen atoms in total. The van der Waals surface area contributed by atoms with Gasteiger partial charge in [0, 0.05) is 13.5 Å². The van der Waals surface area contributed by atoms with E-state index in [4.69, 9.17) is 16.3 Å². The first-order valence-corrected chi connectivity index (χ1v) is 3.65. The number of amides is 1. The first-order valence-electron chi connectivity index (χ1n) is 3.21. The predicted octanol–water partition coefficient (Wildman–Crippen LogP) is 0.430. The summed E-state index contributed by atoms with van der Waals surface area (Å²) in [6, 6.07) is 0. The normalized spacial score (nSPS) is 26.6. The van der Waals surface area contributed by atoms with E-state index in [-0.39, 0.29) is 11.5 Å². The maximum atomic E-state index is 10.8. The van der Waals surface area contributed by atoms with Crippen LogP contribution in [0.4, 0.5) is 0 Å². The Kier molecular flexibility index (Phi) is 2.51. The van der Waals surface area contributed by atoms with E-state index < -0.39 is 0 Å². The van der Waals surface area contributed by atoms with Crippen LogP contribution < -0.4 is 0 Å². The summed E-state index contributed by atoms with van der Waals surface area (Å²) in [6.07, 6.45) is 0. The summed E-state index contributed by atoms with van der Waals surface area (Å²) in [6.45, 7) is 3.26. The molecule has 0 radical (unpaired) electrons. The van der Waals surface area contributed by atoms with Gasteiger partial charge in [-0.25, -0.2) is 0 Å². The van der Waals surface area contributed by atoms with Gasteiger partial charge in [-0.1, -0.05) is 11.6 Å². The van der Waals surface area contributed by atoms with Crippen molar-refractivity contribution < 1.29 is 9.53 Å². The van der Waals surface area contributed by atoms with E-state index in [1.54, 1.807) is 4.90 Å². The van der Waals surface area contributed by atoms with Gasteiger partial charge >= 0.3 is 0 Å². The lowest BCUT2D eigenvalue weighted by Crippen LogP contribution is -2.42. The van der Waals surface area contributed by atoms with Gasteiger partial charge in [0.2, 0.25) is 5.91 Å². The topological polar surface area (TPSA) is 29.5 Å². The largest absolute Gasteiger partial charge is 0.359 e. The molecule has 1 rings (SSSR count). The molecule has 0 spiro atoms. The van der Waals surface area contributed by atoms with Gasteiger partial charge in [-0.2, -0.15) is 0 Å². The van der Waals surface area contributed by atoms with E-state index in [1.807, 2.05) is 0 Å². The fourth-order valence-electron chi connectivity index (χ4n) is 0.894. The van der Waals surface area contributed by atoms with E-state index in [1.165, 1.54) is 6.92 Å². The van der Waals surface area contributed by atoms with Crippen LogP contribution in [-0.4, -0.2) is 36.1 Å². The van der Waals surface area contributed by atoms with Crippen molar-refractivity contribution >= 4 is 17.5 Å². The molecule has 1 aliphatic heterocycles. The predicted molar refractivity (Wildman–Crippen MR) is 37.8 cm³/mol. The molecule has 58 valence electrons. The Balaban J connectivity index is 2.39. The van der Waals surface area contributed by atoms with Gasteiger partial charge in [0.25, 0.3) is 0 Å². The summed E-state index contributed by atoms with van der Waals surface area (Å²) in [5, 5.41) is 0. The fraction of sp³-hybridized carbons (Fsp3) is 0.833. The van der Waals surface area contributed by atoms with Crippen LogP contribution in [0.2, 0.25) is 0 Å². The highest BCUT2D eigenvalue weighted by molar-refractivity contribution is 6.20. The molecule has 1 amide bonds. The average molecular weight is 164 g/mol. The molecule has 0 aromatic rings. The van der Waals surface area contributed by atoms with Crippen LogP contribution in [0, 0.1) is 0 Å². The van der Waals surface area contributed by atoms with E-state index in [2.05, 4.69) is 0 Å². The van der Waals surface area contributed by atoms with Gasteiger partial charge in [0.05, 0.1) is 13.2 Å². The van der Waals surface area contributed by atoms with Crippen LogP contribution in [-0.2, 0) is 9.53 Å². The standard InChI is InChI=1S/C6H10ClNO2/c1-5(9)8-2-3-10-6(7)4-8/h6H,2-4H2,1H3. The van der Waals surface area contributed by atoms with Crippen molar-refractivity contribution in [3.8, 4) is 0 Å². The Hall–Kier alpha value is -0.280. The molecule has 0 aromatic carbocycles. The number of hydrogen-bond donors (Lipinski definition) is 0. The van der Waals surface area contributed by atoms with Crippen molar-refractivity contribution in [3.05, 3.63) is 0 Å². The summed E-state index contributed by atoms with van der Waals surface area (Å²) in [7, 11) is 0. The summed E-state index contributed by atoms with van der Waals surface area (Å²) in [5.74, 6) is 0.0638. The van der Waals surface area contributed by atoms with Crippen LogP contribution in [0.1, 0.15) is 6.92 Å². The summed E-state index contributed by atoms with van der Waals surface area (Å²) in [5.41, 5.74) is -0.322. The third-order valence-electron chi connectivity index (χ3n) is 1.47. The highest BCUT2D eigenvalue weighted by atomic mass is 35.5. The molecule has 0 N–H and O–H groups in total. The number of alkyl halides is 1. The maximum Gasteiger partial charge on any atom is 0.219 e. The summed E-state index contributed by atoms with van der Waals surface area (Å²) >= 11 is 5.64. The molecule has 10 heavy (non-hydrogen) atoms. The molecular weight excluding hydrogens is 154 g/mol. The Labute approximate surface area is 64.9 Å². The van der Waals surface area contributed by atoms with Crippen LogP contribution >= 0.6 is 11.6 Å². The molecule has 1 aliphatic rings. The molecule has 0 bridgehead atoms. The van der Waals surface area contributed by atoms with Crippen LogP contribution in [0.3, 0.4) is 0 Å². The van der Waals surface area contributed by atoms with Gasteiger partial charge in [0.1, 0.15) is 5.56 Å². The fourth-order valence-corrected chi connectivity index (χ4v) is 1.15. The first kappa shape index (κ1) is 7.82. The van der Waals surface area contributed by atoms with Gasteiger partial charge in [-0.3, -0.25) is 4.79 Å². The smallest absolute Gasteiger partial charge is 0.219 e. The van der Waals surface area contributed by atoms with Crippen LogP contribution in [0.5, 0.6) is 0 Å². The average Bonchev–Trinajstić information content (AvgIpc) is 1.88. The van der Waals surface area contributed by atoms with Gasteiger partial charge in [0.15, 0.2) is 0 Å². The highest BCUT2D eigenvalue weighted by Gasteiger charge is 2.19. The minimum absolute atomic E-state index is 0.0638. The Bertz CT molecular complexity index is 140. The zero-order valence-electron chi connectivity index (χ0n) is 5.84. The van der Waals surface area contributed by atoms with Gasteiger partial charge < -0.3 is 9.64 Å². The van der Waals surface area contributed by atoms with E-state index in [0.717, 1.165) is 0 Å². The number of nitrogens with zero attached hydrogens (tertiary/aromatic N) is 1. The number of morpholine rings is 1. The minimum Gasteiger partial charge on any atom is -0.359 e. The van der Waals surface area contributed by atoms with Crippen molar-refractivity contribution in [2.45, 2.75) is 12.5 Å². The number of hydrogen-bond acceptors (Lipinski definition) is 2. The molecule has 4 heteroatoms. The van der Waals surface area contributed by atoms with Gasteiger partial charge in [-0.05, 0) is 0 Å². The van der Waals surface area contributed by atoms with E-state index in [9.17, 15) is 4.79 Å². The summed E-state index contributed by atoms with van der Waals surface area (Å²) in [4.78, 5) is 12.4. The van der Waals surface area contributed by atoms with E-state index in [0.29, 0.717) is 19.7 Å². The lowest BCUT2D eigenvalue weighted by molar-refractivity contribution is -0.133. The Morgan fingerprint density at radius 1 is 1.80 bits per heavy atom. The number of carbonyl (C=O) groups excluding carboxylic acids is 1. The molecule has 1 unspecified atom stereocenters. The SMILES string of the molecule is CC(=O)N1CCOC(Cl)C1. The molecule has 1 fully saturated rings. The van der Waals surface area contributed by atoms with Crippen molar-refractivity contribution in [2.24, 2.45) is 0 Å². The summed E-state index contributed by atoms with van der Waals surface area (Å²) < 4.78 is 5.03. The second-order valence-corrected chi connectivity index (χ2v) is 2.73. The maximum absolute atomic E-state index is 10.8. The lowest BCUT2D eigenvalue weighted by atomic mass is 10.4. The molecule has 0 saturated carbocycles. The molecule has 0 aliphatic carbocycles. The molecule has 1 saturated heterocycles. The number of ether oxygens (including phenoxy) is 1. The van der Waals surface area contributed by atoms with E-state index >= 15 is 0 Å². The molecule has 1 heterocycles. The molecule has 0 aromatic heterocycles. The third-order valence-corrected chi connectivity index (χ3v) is 1.73. The molecule has 1 atom stereocenters. The Morgan fingerprint density at radius 3 is 2.90 bits per heavy atom. The number of carbonyl (C=O) groups is 1. The van der Waals surface area contributed by atoms with Crippen molar-refractivity contribution in [3.63, 3.8) is 0 Å². The zero-order chi connectivity index (χ0) is 7.56. The monoisotopic (exact) mass is 163 g/mol.